The summed E-state index contributed by atoms with van der Waals surface area (Å²) >= 11 is 0. The maximum Gasteiger partial charge on any atom is 0.224 e. The first-order valence-corrected chi connectivity index (χ1v) is 7.56. The van der Waals surface area contributed by atoms with E-state index in [-0.39, 0.29) is 0 Å². The molecule has 3 rings (SSSR count). The molecule has 1 aromatic carbocycles. The van der Waals surface area contributed by atoms with Crippen molar-refractivity contribution in [1.29, 1.82) is 0 Å². The molecule has 0 radical (unpaired) electrons. The van der Waals surface area contributed by atoms with Crippen LogP contribution in [0.5, 0.6) is 5.88 Å². The van der Waals surface area contributed by atoms with Crippen molar-refractivity contribution in [2.24, 2.45) is 0 Å². The quantitative estimate of drug-likeness (QED) is 0.762. The summed E-state index contributed by atoms with van der Waals surface area (Å²) in [5.41, 5.74) is 0.927. The lowest BCUT2D eigenvalue weighted by Gasteiger charge is -2.26. The number of fused-ring (bicyclic) bond motifs is 1. The summed E-state index contributed by atoms with van der Waals surface area (Å²) in [5, 5.41) is 0.980. The van der Waals surface area contributed by atoms with Crippen LogP contribution in [0.25, 0.3) is 10.9 Å². The fraction of sp³-hybridized carbons (Fsp3) is 0.500. The van der Waals surface area contributed by atoms with Gasteiger partial charge in [0.1, 0.15) is 6.33 Å². The van der Waals surface area contributed by atoms with Gasteiger partial charge in [-0.05, 0) is 31.5 Å². The first-order chi connectivity index (χ1) is 10.4. The highest BCUT2D eigenvalue weighted by atomic mass is 16.5. The molecule has 5 nitrogen and oxygen atoms in total. The van der Waals surface area contributed by atoms with E-state index in [1.54, 1.807) is 6.33 Å². The molecule has 21 heavy (non-hydrogen) atoms. The Morgan fingerprint density at radius 3 is 2.86 bits per heavy atom. The van der Waals surface area contributed by atoms with Crippen molar-refractivity contribution in [3.05, 3.63) is 30.6 Å². The minimum atomic E-state index is 0.687. The van der Waals surface area contributed by atoms with Crippen LogP contribution in [0.2, 0.25) is 0 Å². The molecule has 1 aliphatic rings. The first-order valence-electron chi connectivity index (χ1n) is 7.56. The van der Waals surface area contributed by atoms with Crippen molar-refractivity contribution in [3.8, 4) is 5.88 Å². The topological polar surface area (TPSA) is 47.5 Å². The van der Waals surface area contributed by atoms with Crippen LogP contribution in [0.4, 0.5) is 0 Å². The van der Waals surface area contributed by atoms with Crippen LogP contribution in [-0.4, -0.2) is 54.3 Å². The van der Waals surface area contributed by atoms with Crippen LogP contribution in [-0.2, 0) is 4.74 Å². The van der Waals surface area contributed by atoms with E-state index in [1.807, 2.05) is 24.3 Å². The van der Waals surface area contributed by atoms with E-state index in [4.69, 9.17) is 9.47 Å². The summed E-state index contributed by atoms with van der Waals surface area (Å²) in [6.45, 7) is 5.66. The Morgan fingerprint density at radius 1 is 1.10 bits per heavy atom. The van der Waals surface area contributed by atoms with Gasteiger partial charge in [0.2, 0.25) is 5.88 Å². The van der Waals surface area contributed by atoms with Crippen molar-refractivity contribution in [2.45, 2.75) is 12.8 Å². The van der Waals surface area contributed by atoms with Gasteiger partial charge >= 0.3 is 0 Å². The van der Waals surface area contributed by atoms with Gasteiger partial charge in [-0.1, -0.05) is 12.1 Å². The molecule has 0 aliphatic carbocycles. The van der Waals surface area contributed by atoms with Gasteiger partial charge in [-0.3, -0.25) is 4.90 Å². The zero-order valence-electron chi connectivity index (χ0n) is 12.2. The molecule has 0 atom stereocenters. The Morgan fingerprint density at radius 2 is 1.95 bits per heavy atom. The second kappa shape index (κ2) is 7.33. The lowest BCUT2D eigenvalue weighted by molar-refractivity contribution is 0.0368. The molecule has 0 saturated carbocycles. The number of ether oxygens (including phenoxy) is 2. The molecule has 112 valence electrons. The van der Waals surface area contributed by atoms with Crippen LogP contribution >= 0.6 is 0 Å². The molecule has 1 aliphatic heterocycles. The molecule has 1 aromatic heterocycles. The van der Waals surface area contributed by atoms with Crippen LogP contribution in [0.15, 0.2) is 30.6 Å². The third kappa shape index (κ3) is 3.89. The highest BCUT2D eigenvalue weighted by Gasteiger charge is 2.09. The van der Waals surface area contributed by atoms with Crippen molar-refractivity contribution < 1.29 is 9.47 Å². The number of unbranched alkanes of at least 4 members (excludes halogenated alkanes) is 1. The van der Waals surface area contributed by atoms with Gasteiger partial charge in [0.25, 0.3) is 0 Å². The Hall–Kier alpha value is -1.72. The van der Waals surface area contributed by atoms with E-state index >= 15 is 0 Å². The second-order valence-corrected chi connectivity index (χ2v) is 5.21. The lowest BCUT2D eigenvalue weighted by atomic mass is 10.2. The number of hydrogen-bond acceptors (Lipinski definition) is 5. The molecule has 5 heteroatoms. The van der Waals surface area contributed by atoms with E-state index in [9.17, 15) is 0 Å². The normalized spacial score (nSPS) is 16.2. The third-order valence-corrected chi connectivity index (χ3v) is 3.72. The number of benzene rings is 1. The molecule has 0 N–H and O–H groups in total. The van der Waals surface area contributed by atoms with Crippen LogP contribution in [0, 0.1) is 0 Å². The van der Waals surface area contributed by atoms with E-state index in [0.29, 0.717) is 12.5 Å². The molecule has 2 heterocycles. The van der Waals surface area contributed by atoms with Gasteiger partial charge in [0.05, 0.1) is 30.7 Å². The van der Waals surface area contributed by atoms with E-state index in [1.165, 1.54) is 0 Å². The first kappa shape index (κ1) is 14.2. The minimum absolute atomic E-state index is 0.687. The molecule has 0 bridgehead atoms. The average molecular weight is 287 g/mol. The predicted octanol–water partition coefficient (Wildman–Crippen LogP) is 2.12. The van der Waals surface area contributed by atoms with Crippen LogP contribution in [0.3, 0.4) is 0 Å². The summed E-state index contributed by atoms with van der Waals surface area (Å²) in [6, 6.07) is 7.93. The average Bonchev–Trinajstić information content (AvgIpc) is 2.56. The van der Waals surface area contributed by atoms with Crippen molar-refractivity contribution in [2.75, 3.05) is 39.5 Å². The van der Waals surface area contributed by atoms with Gasteiger partial charge in [-0.2, -0.15) is 0 Å². The highest BCUT2D eigenvalue weighted by Crippen LogP contribution is 2.20. The van der Waals surface area contributed by atoms with Crippen LogP contribution < -0.4 is 4.74 Å². The number of aromatic nitrogens is 2. The van der Waals surface area contributed by atoms with Crippen molar-refractivity contribution in [3.63, 3.8) is 0 Å². The standard InChI is InChI=1S/C16H21N3O2/c1-2-6-15-14(5-1)16(18-13-17-15)21-10-4-3-7-19-8-11-20-12-9-19/h1-2,5-6,13H,3-4,7-12H2. The second-order valence-electron chi connectivity index (χ2n) is 5.21. The minimum Gasteiger partial charge on any atom is -0.477 e. The maximum atomic E-state index is 5.81. The van der Waals surface area contributed by atoms with Gasteiger partial charge in [-0.15, -0.1) is 0 Å². The molecular formula is C16H21N3O2. The number of rotatable bonds is 6. The SMILES string of the molecule is c1ccc2c(OCCCCN3CCOCC3)ncnc2c1. The smallest absolute Gasteiger partial charge is 0.224 e. The fourth-order valence-corrected chi connectivity index (χ4v) is 2.53. The number of hydrogen-bond donors (Lipinski definition) is 0. The van der Waals surface area contributed by atoms with E-state index < -0.39 is 0 Å². The highest BCUT2D eigenvalue weighted by molar-refractivity contribution is 5.82. The Bertz CT molecular complexity index is 565. The lowest BCUT2D eigenvalue weighted by Crippen LogP contribution is -2.36. The van der Waals surface area contributed by atoms with E-state index in [0.717, 1.165) is 56.6 Å². The molecular weight excluding hydrogens is 266 g/mol. The third-order valence-electron chi connectivity index (χ3n) is 3.72. The number of nitrogens with zero attached hydrogens (tertiary/aromatic N) is 3. The summed E-state index contributed by atoms with van der Waals surface area (Å²) in [5.74, 6) is 0.687. The van der Waals surface area contributed by atoms with Gasteiger partial charge in [-0.25, -0.2) is 9.97 Å². The molecule has 0 spiro atoms. The fourth-order valence-electron chi connectivity index (χ4n) is 2.53. The zero-order valence-corrected chi connectivity index (χ0v) is 12.2. The van der Waals surface area contributed by atoms with Crippen molar-refractivity contribution in [1.82, 2.24) is 14.9 Å². The Balaban J connectivity index is 1.44. The molecule has 2 aromatic rings. The van der Waals surface area contributed by atoms with Crippen molar-refractivity contribution >= 4 is 10.9 Å². The van der Waals surface area contributed by atoms with Gasteiger partial charge < -0.3 is 9.47 Å². The zero-order chi connectivity index (χ0) is 14.3. The summed E-state index contributed by atoms with van der Waals surface area (Å²) in [4.78, 5) is 10.9. The molecule has 0 amide bonds. The summed E-state index contributed by atoms with van der Waals surface area (Å²) in [7, 11) is 0. The van der Waals surface area contributed by atoms with E-state index in [2.05, 4.69) is 14.9 Å². The molecule has 0 unspecified atom stereocenters. The molecule has 1 saturated heterocycles. The summed E-state index contributed by atoms with van der Waals surface area (Å²) < 4.78 is 11.2. The van der Waals surface area contributed by atoms with Crippen LogP contribution in [0.1, 0.15) is 12.8 Å². The largest absolute Gasteiger partial charge is 0.477 e. The van der Waals surface area contributed by atoms with Gasteiger partial charge in [0.15, 0.2) is 0 Å². The summed E-state index contributed by atoms with van der Waals surface area (Å²) in [6.07, 6.45) is 3.74. The molecule has 1 fully saturated rings. The number of morpholine rings is 1. The monoisotopic (exact) mass is 287 g/mol. The predicted molar refractivity (Wildman–Crippen MR) is 81.5 cm³/mol. The maximum absolute atomic E-state index is 5.81. The Labute approximate surface area is 124 Å². The number of para-hydroxylation sites is 1. The van der Waals surface area contributed by atoms with Gasteiger partial charge in [0, 0.05) is 13.1 Å². The Kier molecular flexibility index (Phi) is 4.97.